The van der Waals surface area contributed by atoms with Gasteiger partial charge in [0.1, 0.15) is 5.75 Å². The van der Waals surface area contributed by atoms with Crippen molar-refractivity contribution < 1.29 is 31.0 Å². The summed E-state index contributed by atoms with van der Waals surface area (Å²) in [6.07, 6.45) is 0. The molecule has 4 rings (SSSR count). The molecule has 0 aromatic heterocycles. The van der Waals surface area contributed by atoms with Crippen LogP contribution in [0.4, 0.5) is 0 Å². The Labute approximate surface area is 176 Å². The number of sulfone groups is 2. The lowest BCUT2D eigenvalue weighted by Gasteiger charge is -2.20. The zero-order chi connectivity index (χ0) is 21.4. The summed E-state index contributed by atoms with van der Waals surface area (Å²) < 4.78 is 66.9. The molecule has 1 fully saturated rings. The first kappa shape index (κ1) is 21.0. The van der Waals surface area contributed by atoms with E-state index < -0.39 is 36.7 Å². The van der Waals surface area contributed by atoms with Gasteiger partial charge in [-0.3, -0.25) is 0 Å². The first-order valence-corrected chi connectivity index (χ1v) is 12.9. The van der Waals surface area contributed by atoms with Gasteiger partial charge in [-0.1, -0.05) is 6.07 Å². The molecule has 2 atom stereocenters. The first-order valence-electron chi connectivity index (χ1n) is 9.57. The van der Waals surface area contributed by atoms with Gasteiger partial charge < -0.3 is 19.5 Å². The molecule has 0 bridgehead atoms. The summed E-state index contributed by atoms with van der Waals surface area (Å²) in [6.45, 7) is 2.78. The van der Waals surface area contributed by atoms with Gasteiger partial charge in [0, 0.05) is 12.6 Å². The van der Waals surface area contributed by atoms with Gasteiger partial charge in [0.05, 0.1) is 28.3 Å². The van der Waals surface area contributed by atoms with E-state index >= 15 is 0 Å². The minimum absolute atomic E-state index is 0.0860. The van der Waals surface area contributed by atoms with Crippen LogP contribution in [0.3, 0.4) is 0 Å². The van der Waals surface area contributed by atoms with E-state index in [9.17, 15) is 16.8 Å². The van der Waals surface area contributed by atoms with E-state index in [0.717, 1.165) is 5.56 Å². The second-order valence-electron chi connectivity index (χ2n) is 7.24. The van der Waals surface area contributed by atoms with E-state index in [-0.39, 0.29) is 17.4 Å². The molecule has 2 aliphatic heterocycles. The topological polar surface area (TPSA) is 108 Å². The molecule has 0 unspecified atom stereocenters. The number of rotatable bonds is 7. The van der Waals surface area contributed by atoms with Gasteiger partial charge in [-0.15, -0.1) is 0 Å². The van der Waals surface area contributed by atoms with E-state index in [1.807, 2.05) is 13.0 Å². The maximum absolute atomic E-state index is 13.2. The third-order valence-corrected chi connectivity index (χ3v) is 9.33. The van der Waals surface area contributed by atoms with Crippen molar-refractivity contribution >= 4 is 19.7 Å². The molecule has 30 heavy (non-hydrogen) atoms. The Kier molecular flexibility index (Phi) is 5.65. The molecule has 0 amide bonds. The average Bonchev–Trinajstić information content (AvgIpc) is 3.30. The van der Waals surface area contributed by atoms with Crippen molar-refractivity contribution in [3.8, 4) is 17.2 Å². The molecule has 0 aliphatic carbocycles. The molecule has 8 nitrogen and oxygen atoms in total. The lowest BCUT2D eigenvalue weighted by molar-refractivity contribution is 0.174. The van der Waals surface area contributed by atoms with Crippen molar-refractivity contribution in [1.82, 2.24) is 5.32 Å². The van der Waals surface area contributed by atoms with Crippen LogP contribution >= 0.6 is 0 Å². The van der Waals surface area contributed by atoms with Gasteiger partial charge in [0.2, 0.25) is 6.79 Å². The second kappa shape index (κ2) is 8.09. The molecule has 1 N–H and O–H groups in total. The van der Waals surface area contributed by atoms with E-state index in [4.69, 9.17) is 14.2 Å². The summed E-state index contributed by atoms with van der Waals surface area (Å²) in [4.78, 5) is 0.0860. The normalized spacial score (nSPS) is 22.2. The molecular formula is C20H23NO7S2. The Morgan fingerprint density at radius 3 is 2.53 bits per heavy atom. The van der Waals surface area contributed by atoms with Crippen LogP contribution < -0.4 is 19.5 Å². The Morgan fingerprint density at radius 2 is 1.80 bits per heavy atom. The van der Waals surface area contributed by atoms with Crippen LogP contribution in [0.1, 0.15) is 12.5 Å². The number of hydrogen-bond donors (Lipinski definition) is 1. The molecule has 0 radical (unpaired) electrons. The molecule has 2 aromatic rings. The highest BCUT2D eigenvalue weighted by Gasteiger charge is 2.45. The number of benzene rings is 2. The van der Waals surface area contributed by atoms with Crippen molar-refractivity contribution in [2.24, 2.45) is 0 Å². The first-order chi connectivity index (χ1) is 14.3. The van der Waals surface area contributed by atoms with Crippen molar-refractivity contribution in [3.05, 3.63) is 48.0 Å². The SMILES string of the molecule is CCOc1ccc(S(=O)(=O)[C@H]2CS(=O)(=O)C[C@@H]2NCc2ccc3c(c2)OCO3)cc1. The smallest absolute Gasteiger partial charge is 0.231 e. The maximum Gasteiger partial charge on any atom is 0.231 e. The molecule has 2 aromatic carbocycles. The monoisotopic (exact) mass is 453 g/mol. The van der Waals surface area contributed by atoms with Crippen LogP contribution in [0.5, 0.6) is 17.2 Å². The lowest BCUT2D eigenvalue weighted by Crippen LogP contribution is -2.43. The minimum atomic E-state index is -3.85. The quantitative estimate of drug-likeness (QED) is 0.673. The molecule has 2 aliphatic rings. The summed E-state index contributed by atoms with van der Waals surface area (Å²) in [5.41, 5.74) is 0.848. The number of fused-ring (bicyclic) bond motifs is 1. The number of ether oxygens (including phenoxy) is 3. The average molecular weight is 454 g/mol. The van der Waals surface area contributed by atoms with Gasteiger partial charge in [-0.2, -0.15) is 0 Å². The fraction of sp³-hybridized carbons (Fsp3) is 0.400. The fourth-order valence-electron chi connectivity index (χ4n) is 3.68. The van der Waals surface area contributed by atoms with Gasteiger partial charge in [0.15, 0.2) is 31.2 Å². The van der Waals surface area contributed by atoms with Crippen LogP contribution in [0, 0.1) is 0 Å². The lowest BCUT2D eigenvalue weighted by atomic mass is 10.2. The minimum Gasteiger partial charge on any atom is -0.494 e. The summed E-state index contributed by atoms with van der Waals surface area (Å²) in [5, 5.41) is 2.06. The molecule has 0 spiro atoms. The highest BCUT2D eigenvalue weighted by molar-refractivity contribution is 7.96. The third kappa shape index (κ3) is 4.26. The van der Waals surface area contributed by atoms with Gasteiger partial charge in [-0.25, -0.2) is 16.8 Å². The second-order valence-corrected chi connectivity index (χ2v) is 11.6. The van der Waals surface area contributed by atoms with Crippen molar-refractivity contribution in [1.29, 1.82) is 0 Å². The van der Waals surface area contributed by atoms with Crippen LogP contribution in [0.25, 0.3) is 0 Å². The maximum atomic E-state index is 13.2. The molecular weight excluding hydrogens is 430 g/mol. The highest BCUT2D eigenvalue weighted by Crippen LogP contribution is 2.33. The zero-order valence-electron chi connectivity index (χ0n) is 16.4. The Bertz CT molecular complexity index is 1130. The Hall–Kier alpha value is -2.30. The molecule has 1 saturated heterocycles. The predicted octanol–water partition coefficient (Wildman–Crippen LogP) is 1.54. The van der Waals surface area contributed by atoms with Crippen molar-refractivity contribution in [3.63, 3.8) is 0 Å². The van der Waals surface area contributed by atoms with E-state index in [0.29, 0.717) is 30.4 Å². The summed E-state index contributed by atoms with van der Waals surface area (Å²) in [7, 11) is -7.32. The highest BCUT2D eigenvalue weighted by atomic mass is 32.2. The van der Waals surface area contributed by atoms with Crippen molar-refractivity contribution in [2.75, 3.05) is 24.9 Å². The Morgan fingerprint density at radius 1 is 1.07 bits per heavy atom. The fourth-order valence-corrected chi connectivity index (χ4v) is 8.40. The van der Waals surface area contributed by atoms with Gasteiger partial charge in [0.25, 0.3) is 0 Å². The summed E-state index contributed by atoms with van der Waals surface area (Å²) >= 11 is 0. The van der Waals surface area contributed by atoms with Crippen LogP contribution in [0.2, 0.25) is 0 Å². The zero-order valence-corrected chi connectivity index (χ0v) is 18.0. The van der Waals surface area contributed by atoms with E-state index in [2.05, 4.69) is 5.32 Å². The van der Waals surface area contributed by atoms with Crippen LogP contribution in [0.15, 0.2) is 47.4 Å². The molecule has 162 valence electrons. The summed E-state index contributed by atoms with van der Waals surface area (Å²) in [6, 6.07) is 10.8. The van der Waals surface area contributed by atoms with E-state index in [1.165, 1.54) is 12.1 Å². The van der Waals surface area contributed by atoms with Gasteiger partial charge >= 0.3 is 0 Å². The summed E-state index contributed by atoms with van der Waals surface area (Å²) in [5.74, 6) is 1.21. The predicted molar refractivity (Wildman–Crippen MR) is 110 cm³/mol. The molecule has 2 heterocycles. The standard InChI is InChI=1S/C20H23NO7S2/c1-2-26-15-4-6-16(7-5-15)30(24,25)20-12-29(22,23)11-17(20)21-10-14-3-8-18-19(9-14)28-13-27-18/h3-9,17,20-21H,2,10-13H2,1H3/t17-,20-/m0/s1. The number of hydrogen-bond acceptors (Lipinski definition) is 8. The van der Waals surface area contributed by atoms with Crippen LogP contribution in [-0.2, 0) is 26.2 Å². The molecule has 0 saturated carbocycles. The van der Waals surface area contributed by atoms with Crippen molar-refractivity contribution in [2.45, 2.75) is 29.7 Å². The number of nitrogens with one attached hydrogen (secondary N) is 1. The van der Waals surface area contributed by atoms with Gasteiger partial charge in [-0.05, 0) is 48.9 Å². The van der Waals surface area contributed by atoms with Crippen LogP contribution in [-0.4, -0.2) is 53.0 Å². The third-order valence-electron chi connectivity index (χ3n) is 5.17. The molecule has 10 heteroatoms. The largest absolute Gasteiger partial charge is 0.494 e. The Balaban J connectivity index is 1.53. The van der Waals surface area contributed by atoms with E-state index in [1.54, 1.807) is 24.3 Å².